The second-order valence-electron chi connectivity index (χ2n) is 6.11. The van der Waals surface area contributed by atoms with Crippen LogP contribution in [0.2, 0.25) is 0 Å². The number of anilines is 1. The van der Waals surface area contributed by atoms with E-state index in [1.807, 2.05) is 24.3 Å². The monoisotopic (exact) mass is 369 g/mol. The van der Waals surface area contributed by atoms with E-state index in [9.17, 15) is 9.90 Å². The van der Waals surface area contributed by atoms with Gasteiger partial charge >= 0.3 is 5.97 Å². The van der Waals surface area contributed by atoms with Crippen LogP contribution >= 0.6 is 15.9 Å². The summed E-state index contributed by atoms with van der Waals surface area (Å²) in [6.07, 6.45) is 5.44. The van der Waals surface area contributed by atoms with Gasteiger partial charge in [0.2, 0.25) is 0 Å². The molecule has 1 aliphatic heterocycles. The molecule has 1 heterocycles. The fourth-order valence-corrected chi connectivity index (χ4v) is 4.25. The Labute approximate surface area is 143 Å². The van der Waals surface area contributed by atoms with Crippen LogP contribution in [-0.2, 0) is 0 Å². The zero-order chi connectivity index (χ0) is 16.0. The molecular weight excluding hydrogens is 354 g/mol. The van der Waals surface area contributed by atoms with Crippen molar-refractivity contribution in [1.29, 1.82) is 0 Å². The number of allylic oxidation sites excluding steroid dienone is 2. The van der Waals surface area contributed by atoms with Gasteiger partial charge in [0.05, 0.1) is 17.3 Å². The molecule has 2 aromatic carbocycles. The summed E-state index contributed by atoms with van der Waals surface area (Å²) in [5, 5.41) is 13.0. The lowest BCUT2D eigenvalue weighted by Gasteiger charge is -2.38. The maximum absolute atomic E-state index is 11.6. The van der Waals surface area contributed by atoms with Gasteiger partial charge in [-0.15, -0.1) is 0 Å². The first-order valence-corrected chi connectivity index (χ1v) is 8.49. The predicted octanol–water partition coefficient (Wildman–Crippen LogP) is 4.97. The molecule has 0 unspecified atom stereocenters. The molecule has 0 amide bonds. The van der Waals surface area contributed by atoms with Crippen LogP contribution < -0.4 is 5.32 Å². The molecule has 2 aliphatic rings. The zero-order valence-electron chi connectivity index (χ0n) is 12.4. The molecule has 1 aliphatic carbocycles. The molecule has 0 fully saturated rings. The van der Waals surface area contributed by atoms with Crippen LogP contribution in [0.25, 0.3) is 0 Å². The van der Waals surface area contributed by atoms with Gasteiger partial charge in [-0.1, -0.05) is 52.3 Å². The highest BCUT2D eigenvalue weighted by Crippen LogP contribution is 2.50. The van der Waals surface area contributed by atoms with Gasteiger partial charge < -0.3 is 10.4 Å². The van der Waals surface area contributed by atoms with Gasteiger partial charge in [-0.05, 0) is 41.7 Å². The first-order valence-electron chi connectivity index (χ1n) is 7.70. The molecular formula is C19H16BrNO2. The van der Waals surface area contributed by atoms with Crippen LogP contribution in [0, 0.1) is 5.92 Å². The number of benzene rings is 2. The van der Waals surface area contributed by atoms with E-state index in [2.05, 4.69) is 45.5 Å². The third-order valence-corrected chi connectivity index (χ3v) is 5.33. The van der Waals surface area contributed by atoms with Crippen LogP contribution in [-0.4, -0.2) is 11.1 Å². The summed E-state index contributed by atoms with van der Waals surface area (Å²) in [7, 11) is 0. The number of halogens is 1. The first kappa shape index (κ1) is 14.5. The number of rotatable bonds is 2. The Kier molecular flexibility index (Phi) is 3.49. The normalized spacial score (nSPS) is 24.7. The van der Waals surface area contributed by atoms with E-state index >= 15 is 0 Å². The molecule has 0 saturated carbocycles. The molecule has 0 bridgehead atoms. The highest BCUT2D eigenvalue weighted by molar-refractivity contribution is 9.10. The van der Waals surface area contributed by atoms with Gasteiger partial charge in [0.15, 0.2) is 0 Å². The molecule has 3 nitrogen and oxygen atoms in total. The van der Waals surface area contributed by atoms with Crippen LogP contribution in [0.3, 0.4) is 0 Å². The molecule has 0 saturated heterocycles. The summed E-state index contributed by atoms with van der Waals surface area (Å²) in [6.45, 7) is 0. The van der Waals surface area contributed by atoms with E-state index < -0.39 is 5.97 Å². The Morgan fingerprint density at radius 1 is 1.22 bits per heavy atom. The minimum Gasteiger partial charge on any atom is -0.478 e. The average Bonchev–Trinajstić information content (AvgIpc) is 3.03. The van der Waals surface area contributed by atoms with Crippen molar-refractivity contribution in [3.8, 4) is 0 Å². The summed E-state index contributed by atoms with van der Waals surface area (Å²) < 4.78 is 1.04. The Hall–Kier alpha value is -2.07. The molecule has 0 radical (unpaired) electrons. The zero-order valence-corrected chi connectivity index (χ0v) is 14.0. The lowest BCUT2D eigenvalue weighted by molar-refractivity contribution is 0.0697. The molecule has 0 spiro atoms. The number of carboxylic acid groups (broad SMARTS) is 1. The molecule has 2 aromatic rings. The Morgan fingerprint density at radius 2 is 2.04 bits per heavy atom. The van der Waals surface area contributed by atoms with E-state index in [1.54, 1.807) is 6.07 Å². The molecule has 3 atom stereocenters. The van der Waals surface area contributed by atoms with Crippen molar-refractivity contribution in [1.82, 2.24) is 0 Å². The van der Waals surface area contributed by atoms with E-state index in [4.69, 9.17) is 0 Å². The number of fused-ring (bicyclic) bond motifs is 3. The fourth-order valence-electron chi connectivity index (χ4n) is 3.83. The van der Waals surface area contributed by atoms with Gasteiger partial charge in [-0.25, -0.2) is 4.79 Å². The lowest BCUT2D eigenvalue weighted by atomic mass is 9.76. The Balaban J connectivity index is 1.85. The Morgan fingerprint density at radius 3 is 2.83 bits per heavy atom. The van der Waals surface area contributed by atoms with Crippen molar-refractivity contribution in [3.63, 3.8) is 0 Å². The van der Waals surface area contributed by atoms with Crippen molar-refractivity contribution < 1.29 is 9.90 Å². The van der Waals surface area contributed by atoms with Crippen LogP contribution in [0.4, 0.5) is 5.69 Å². The SMILES string of the molecule is O=C(O)c1cccc2c1N[C@H](c1cccc(Br)c1)[C@H]1CC=C[C@@H]21. The molecule has 116 valence electrons. The van der Waals surface area contributed by atoms with Gasteiger partial charge in [0.25, 0.3) is 0 Å². The van der Waals surface area contributed by atoms with E-state index in [1.165, 1.54) is 5.56 Å². The van der Waals surface area contributed by atoms with E-state index in [0.717, 1.165) is 22.1 Å². The minimum atomic E-state index is -0.886. The quantitative estimate of drug-likeness (QED) is 0.734. The number of hydrogen-bond donors (Lipinski definition) is 2. The van der Waals surface area contributed by atoms with Gasteiger partial charge in [0, 0.05) is 10.4 Å². The standard InChI is InChI=1S/C19H16BrNO2/c20-12-5-1-4-11(10-12)17-14-7-2-6-13(14)15-8-3-9-16(19(22)23)18(15)21-17/h1-6,8-10,13-14,17,21H,7H2,(H,22,23)/t13-,14+,17-/m1/s1. The third-order valence-electron chi connectivity index (χ3n) is 4.83. The van der Waals surface area contributed by atoms with E-state index in [-0.39, 0.29) is 12.0 Å². The number of carbonyl (C=O) groups is 1. The second kappa shape index (κ2) is 5.53. The van der Waals surface area contributed by atoms with Crippen molar-refractivity contribution in [2.24, 2.45) is 5.92 Å². The molecule has 4 heteroatoms. The van der Waals surface area contributed by atoms with E-state index in [0.29, 0.717) is 11.5 Å². The van der Waals surface area contributed by atoms with Crippen molar-refractivity contribution in [2.75, 3.05) is 5.32 Å². The number of aromatic carboxylic acids is 1. The van der Waals surface area contributed by atoms with Crippen molar-refractivity contribution in [3.05, 3.63) is 75.8 Å². The van der Waals surface area contributed by atoms with Crippen LogP contribution in [0.15, 0.2) is 59.1 Å². The molecule has 4 rings (SSSR count). The van der Waals surface area contributed by atoms with Gasteiger partial charge in [0.1, 0.15) is 0 Å². The molecule has 23 heavy (non-hydrogen) atoms. The summed E-state index contributed by atoms with van der Waals surface area (Å²) in [6, 6.07) is 13.9. The topological polar surface area (TPSA) is 49.3 Å². The summed E-state index contributed by atoms with van der Waals surface area (Å²) >= 11 is 3.53. The van der Waals surface area contributed by atoms with Crippen LogP contribution in [0.5, 0.6) is 0 Å². The maximum Gasteiger partial charge on any atom is 0.337 e. The molecule has 2 N–H and O–H groups in total. The Bertz CT molecular complexity index is 815. The largest absolute Gasteiger partial charge is 0.478 e. The summed E-state index contributed by atoms with van der Waals surface area (Å²) in [5.41, 5.74) is 3.39. The summed E-state index contributed by atoms with van der Waals surface area (Å²) in [5.74, 6) is -0.196. The predicted molar refractivity (Wildman–Crippen MR) is 93.9 cm³/mol. The smallest absolute Gasteiger partial charge is 0.337 e. The number of hydrogen-bond acceptors (Lipinski definition) is 2. The average molecular weight is 370 g/mol. The second-order valence-corrected chi connectivity index (χ2v) is 7.02. The third kappa shape index (κ3) is 2.38. The lowest BCUT2D eigenvalue weighted by Crippen LogP contribution is -2.30. The van der Waals surface area contributed by atoms with Gasteiger partial charge in [-0.3, -0.25) is 0 Å². The fraction of sp³-hybridized carbons (Fsp3) is 0.211. The van der Waals surface area contributed by atoms with Crippen molar-refractivity contribution in [2.45, 2.75) is 18.4 Å². The highest BCUT2D eigenvalue weighted by Gasteiger charge is 2.39. The minimum absolute atomic E-state index is 0.112. The first-order chi connectivity index (χ1) is 11.1. The summed E-state index contributed by atoms with van der Waals surface area (Å²) in [4.78, 5) is 11.6. The van der Waals surface area contributed by atoms with Crippen molar-refractivity contribution >= 4 is 27.6 Å². The highest BCUT2D eigenvalue weighted by atomic mass is 79.9. The number of nitrogens with one attached hydrogen (secondary N) is 1. The number of carboxylic acids is 1. The van der Waals surface area contributed by atoms with Crippen LogP contribution in [0.1, 0.15) is 39.9 Å². The molecule has 0 aromatic heterocycles. The van der Waals surface area contributed by atoms with Gasteiger partial charge in [-0.2, -0.15) is 0 Å². The number of para-hydroxylation sites is 1. The maximum atomic E-state index is 11.6.